The van der Waals surface area contributed by atoms with E-state index in [-0.39, 0.29) is 5.92 Å². The molecular weight excluding hydrogens is 266 g/mol. The number of hydrogen-bond donors (Lipinski definition) is 0. The van der Waals surface area contributed by atoms with Crippen LogP contribution < -0.4 is 0 Å². The molecule has 0 amide bonds. The Hall–Kier alpha value is -1.73. The fraction of sp³-hybridized carbons (Fsp3) is 0.0833. The van der Waals surface area contributed by atoms with Gasteiger partial charge in [0.25, 0.3) is 0 Å². The van der Waals surface area contributed by atoms with Crippen molar-refractivity contribution in [3.8, 4) is 6.07 Å². The van der Waals surface area contributed by atoms with Gasteiger partial charge in [0.2, 0.25) is 0 Å². The molecule has 78 valence electrons. The van der Waals surface area contributed by atoms with Gasteiger partial charge in [0.15, 0.2) is 0 Å². The second kappa shape index (κ2) is 4.86. The Balaban J connectivity index is 2.38. The summed E-state index contributed by atoms with van der Waals surface area (Å²) >= 11 is 3.36. The van der Waals surface area contributed by atoms with Crippen LogP contribution in [0.4, 0.5) is 0 Å². The van der Waals surface area contributed by atoms with Crippen LogP contribution in [0.25, 0.3) is 0 Å². The summed E-state index contributed by atoms with van der Waals surface area (Å²) in [7, 11) is 0. The smallest absolute Gasteiger partial charge is 0.115 e. The summed E-state index contributed by atoms with van der Waals surface area (Å²) in [5.41, 5.74) is 1.60. The molecule has 0 radical (unpaired) electrons. The summed E-state index contributed by atoms with van der Waals surface area (Å²) in [6.07, 6.45) is 1.60. The van der Waals surface area contributed by atoms with Crippen molar-refractivity contribution in [3.05, 3.63) is 58.3 Å². The lowest BCUT2D eigenvalue weighted by Crippen LogP contribution is -2.01. The highest BCUT2D eigenvalue weighted by atomic mass is 79.9. The topological polar surface area (TPSA) is 49.6 Å². The Bertz CT molecular complexity index is 502. The first-order chi connectivity index (χ1) is 7.81. The van der Waals surface area contributed by atoms with Crippen LogP contribution in [0.3, 0.4) is 0 Å². The molecule has 2 aromatic rings. The monoisotopic (exact) mass is 273 g/mol. The lowest BCUT2D eigenvalue weighted by molar-refractivity contribution is 0.884. The second-order valence-electron chi connectivity index (χ2n) is 3.26. The number of halogens is 1. The second-order valence-corrected chi connectivity index (χ2v) is 4.18. The largest absolute Gasteiger partial charge is 0.197 e. The number of hydrogen-bond acceptors (Lipinski definition) is 3. The summed E-state index contributed by atoms with van der Waals surface area (Å²) in [6.45, 7) is 0. The Morgan fingerprint density at radius 1 is 1.19 bits per heavy atom. The van der Waals surface area contributed by atoms with Crippen molar-refractivity contribution >= 4 is 15.9 Å². The molecule has 4 heteroatoms. The van der Waals surface area contributed by atoms with Crippen molar-refractivity contribution in [1.82, 2.24) is 10.2 Å². The predicted molar refractivity (Wildman–Crippen MR) is 63.6 cm³/mol. The molecule has 1 aromatic heterocycles. The van der Waals surface area contributed by atoms with Gasteiger partial charge in [-0.05, 0) is 29.8 Å². The van der Waals surface area contributed by atoms with Gasteiger partial charge in [-0.15, -0.1) is 0 Å². The normalized spacial score (nSPS) is 11.8. The van der Waals surface area contributed by atoms with Crippen LogP contribution in [0.2, 0.25) is 0 Å². The Kier molecular flexibility index (Phi) is 3.28. The molecule has 1 aromatic carbocycles. The molecule has 3 nitrogen and oxygen atoms in total. The number of benzene rings is 1. The van der Waals surface area contributed by atoms with E-state index in [0.717, 1.165) is 10.0 Å². The van der Waals surface area contributed by atoms with Crippen molar-refractivity contribution in [2.75, 3.05) is 0 Å². The third kappa shape index (κ3) is 2.26. The maximum Gasteiger partial charge on any atom is 0.115 e. The molecule has 0 aliphatic carbocycles. The predicted octanol–water partition coefficient (Wildman–Crippen LogP) is 2.89. The van der Waals surface area contributed by atoms with Crippen LogP contribution in [0.15, 0.2) is 47.1 Å². The SMILES string of the molecule is N#CC(c1ccc(Br)cc1)c1cccnn1. The third-order valence-corrected chi connectivity index (χ3v) is 2.75. The minimum atomic E-state index is -0.359. The van der Waals surface area contributed by atoms with E-state index < -0.39 is 0 Å². The Labute approximate surface area is 102 Å². The van der Waals surface area contributed by atoms with Crippen molar-refractivity contribution in [1.29, 1.82) is 5.26 Å². The van der Waals surface area contributed by atoms with E-state index in [4.69, 9.17) is 0 Å². The molecule has 0 saturated carbocycles. The van der Waals surface area contributed by atoms with Gasteiger partial charge in [-0.25, -0.2) is 0 Å². The zero-order valence-electron chi connectivity index (χ0n) is 8.34. The van der Waals surface area contributed by atoms with Gasteiger partial charge >= 0.3 is 0 Å². The number of aromatic nitrogens is 2. The molecule has 0 aliphatic heterocycles. The van der Waals surface area contributed by atoms with E-state index in [1.807, 2.05) is 30.3 Å². The standard InChI is InChI=1S/C12H8BrN3/c13-10-5-3-9(4-6-10)11(8-14)12-2-1-7-15-16-12/h1-7,11H. The fourth-order valence-electron chi connectivity index (χ4n) is 1.43. The van der Waals surface area contributed by atoms with Crippen LogP contribution in [0, 0.1) is 11.3 Å². The quantitative estimate of drug-likeness (QED) is 0.846. The minimum absolute atomic E-state index is 0.359. The van der Waals surface area contributed by atoms with Gasteiger partial charge in [-0.2, -0.15) is 15.5 Å². The number of nitriles is 1. The molecule has 0 N–H and O–H groups in total. The molecule has 0 bridgehead atoms. The highest BCUT2D eigenvalue weighted by Gasteiger charge is 2.14. The summed E-state index contributed by atoms with van der Waals surface area (Å²) < 4.78 is 0.993. The maximum atomic E-state index is 9.17. The van der Waals surface area contributed by atoms with E-state index in [1.54, 1.807) is 12.3 Å². The lowest BCUT2D eigenvalue weighted by Gasteiger charge is -2.07. The van der Waals surface area contributed by atoms with E-state index in [9.17, 15) is 5.26 Å². The van der Waals surface area contributed by atoms with Gasteiger partial charge in [0.05, 0.1) is 11.8 Å². The average Bonchev–Trinajstić information content (AvgIpc) is 2.34. The van der Waals surface area contributed by atoms with Gasteiger partial charge in [-0.3, -0.25) is 0 Å². The van der Waals surface area contributed by atoms with Crippen LogP contribution in [0.5, 0.6) is 0 Å². The van der Waals surface area contributed by atoms with Gasteiger partial charge < -0.3 is 0 Å². The summed E-state index contributed by atoms with van der Waals surface area (Å²) in [5, 5.41) is 16.9. The van der Waals surface area contributed by atoms with Crippen LogP contribution in [0.1, 0.15) is 17.2 Å². The molecule has 16 heavy (non-hydrogen) atoms. The molecular formula is C12H8BrN3. The fourth-order valence-corrected chi connectivity index (χ4v) is 1.70. The zero-order chi connectivity index (χ0) is 11.4. The molecule has 0 saturated heterocycles. The molecule has 1 heterocycles. The summed E-state index contributed by atoms with van der Waals surface area (Å²) in [5.74, 6) is -0.359. The Morgan fingerprint density at radius 3 is 2.50 bits per heavy atom. The molecule has 0 aliphatic rings. The van der Waals surface area contributed by atoms with Crippen LogP contribution in [-0.2, 0) is 0 Å². The van der Waals surface area contributed by atoms with Crippen LogP contribution >= 0.6 is 15.9 Å². The molecule has 0 spiro atoms. The van der Waals surface area contributed by atoms with E-state index in [2.05, 4.69) is 32.2 Å². The van der Waals surface area contributed by atoms with Crippen molar-refractivity contribution < 1.29 is 0 Å². The van der Waals surface area contributed by atoms with Gasteiger partial charge in [0, 0.05) is 10.7 Å². The average molecular weight is 274 g/mol. The van der Waals surface area contributed by atoms with E-state index in [1.165, 1.54) is 0 Å². The number of rotatable bonds is 2. The molecule has 1 unspecified atom stereocenters. The molecule has 2 rings (SSSR count). The molecule has 1 atom stereocenters. The lowest BCUT2D eigenvalue weighted by atomic mass is 9.97. The van der Waals surface area contributed by atoms with E-state index in [0.29, 0.717) is 5.69 Å². The third-order valence-electron chi connectivity index (χ3n) is 2.22. The van der Waals surface area contributed by atoms with Crippen LogP contribution in [-0.4, -0.2) is 10.2 Å². The molecule has 0 fully saturated rings. The van der Waals surface area contributed by atoms with Crippen molar-refractivity contribution in [2.24, 2.45) is 0 Å². The van der Waals surface area contributed by atoms with E-state index >= 15 is 0 Å². The zero-order valence-corrected chi connectivity index (χ0v) is 9.92. The minimum Gasteiger partial charge on any atom is -0.197 e. The van der Waals surface area contributed by atoms with Gasteiger partial charge in [0.1, 0.15) is 5.92 Å². The first-order valence-electron chi connectivity index (χ1n) is 4.74. The van der Waals surface area contributed by atoms with Gasteiger partial charge in [-0.1, -0.05) is 28.1 Å². The Morgan fingerprint density at radius 2 is 1.94 bits per heavy atom. The first kappa shape index (κ1) is 10.8. The van der Waals surface area contributed by atoms with Crippen molar-refractivity contribution in [3.63, 3.8) is 0 Å². The highest BCUT2D eigenvalue weighted by Crippen LogP contribution is 2.23. The summed E-state index contributed by atoms with van der Waals surface area (Å²) in [4.78, 5) is 0. The summed E-state index contributed by atoms with van der Waals surface area (Å²) in [6, 6.07) is 13.5. The highest BCUT2D eigenvalue weighted by molar-refractivity contribution is 9.10. The van der Waals surface area contributed by atoms with Crippen molar-refractivity contribution in [2.45, 2.75) is 5.92 Å². The number of nitrogens with zero attached hydrogens (tertiary/aromatic N) is 3. The maximum absolute atomic E-state index is 9.17. The first-order valence-corrected chi connectivity index (χ1v) is 5.53.